The second-order valence-electron chi connectivity index (χ2n) is 18.2. The van der Waals surface area contributed by atoms with E-state index in [2.05, 4.69) is 55.6 Å². The molecule has 6 heteroatoms. The molecule has 1 amide bonds. The number of allylic oxidation sites excluding steroid dienone is 3. The van der Waals surface area contributed by atoms with E-state index in [1.54, 1.807) is 18.2 Å². The van der Waals surface area contributed by atoms with E-state index in [1.165, 1.54) is 167 Å². The van der Waals surface area contributed by atoms with Crippen LogP contribution in [0.3, 0.4) is 0 Å². The molecule has 1 aliphatic rings. The first-order valence-electron chi connectivity index (χ1n) is 25.6. The van der Waals surface area contributed by atoms with Crippen LogP contribution in [0.25, 0.3) is 5.57 Å². The van der Waals surface area contributed by atoms with Gasteiger partial charge in [0, 0.05) is 5.02 Å². The van der Waals surface area contributed by atoms with E-state index in [9.17, 15) is 4.79 Å². The molecule has 0 heterocycles. The predicted molar refractivity (Wildman–Crippen MR) is 273 cm³/mol. The van der Waals surface area contributed by atoms with Gasteiger partial charge in [0.25, 0.3) is 0 Å². The SMILES string of the molecule is CCCCCCCCCCCCCCCCOc1ccc(C2=CCC(C(=O)Nc3cc(Cl)ccc3Cl)(c3ccc(OCCCCCCCCCCCCCCCC)cc3)C=C2)cc1. The number of hydrogen-bond acceptors (Lipinski definition) is 3. The lowest BCUT2D eigenvalue weighted by Gasteiger charge is -2.32. The molecule has 0 aromatic heterocycles. The van der Waals surface area contributed by atoms with Crippen molar-refractivity contribution in [2.75, 3.05) is 18.5 Å². The van der Waals surface area contributed by atoms with Crippen LogP contribution >= 0.6 is 23.2 Å². The van der Waals surface area contributed by atoms with Crippen molar-refractivity contribution >= 4 is 40.4 Å². The fourth-order valence-corrected chi connectivity index (χ4v) is 9.10. The molecule has 348 valence electrons. The van der Waals surface area contributed by atoms with Gasteiger partial charge in [-0.15, -0.1) is 0 Å². The summed E-state index contributed by atoms with van der Waals surface area (Å²) in [7, 11) is 0. The second kappa shape index (κ2) is 32.4. The van der Waals surface area contributed by atoms with Crippen molar-refractivity contribution in [3.63, 3.8) is 0 Å². The Balaban J connectivity index is 1.19. The molecule has 4 rings (SSSR count). The fraction of sp³-hybridized carbons (Fsp3) is 0.596. The third-order valence-corrected chi connectivity index (χ3v) is 13.4. The number of unbranched alkanes of at least 4 members (excludes halogenated alkanes) is 26. The molecule has 0 fully saturated rings. The average molecular weight is 901 g/mol. The second-order valence-corrected chi connectivity index (χ2v) is 19.0. The van der Waals surface area contributed by atoms with Crippen LogP contribution in [0.5, 0.6) is 11.5 Å². The first-order valence-corrected chi connectivity index (χ1v) is 26.3. The number of carbonyl (C=O) groups excluding carboxylic acids is 1. The lowest BCUT2D eigenvalue weighted by atomic mass is 9.73. The van der Waals surface area contributed by atoms with E-state index >= 15 is 0 Å². The standard InChI is InChI=1S/C57H83Cl2NO3/c1-3-5-7-9-11-13-15-17-19-21-23-25-27-29-45-62-52-36-31-48(32-37-52)49-41-43-57(44-42-49,56(61)60-55-47-51(58)35-40-54(55)59)50-33-38-53(39-34-50)63-46-30-28-26-24-22-20-18-16-14-12-10-8-6-4-2/h31-43,47H,3-30,44-46H2,1-2H3,(H,60,61). The number of anilines is 1. The molecule has 1 atom stereocenters. The van der Waals surface area contributed by atoms with E-state index in [1.807, 2.05) is 30.3 Å². The van der Waals surface area contributed by atoms with Crippen molar-refractivity contribution in [3.8, 4) is 11.5 Å². The maximum Gasteiger partial charge on any atom is 0.239 e. The number of nitrogens with one attached hydrogen (secondary N) is 1. The minimum absolute atomic E-state index is 0.165. The van der Waals surface area contributed by atoms with Gasteiger partial charge >= 0.3 is 0 Å². The Bertz CT molecular complexity index is 1720. The minimum Gasteiger partial charge on any atom is -0.494 e. The summed E-state index contributed by atoms with van der Waals surface area (Å²) in [5.41, 5.74) is 2.61. The highest BCUT2D eigenvalue weighted by atomic mass is 35.5. The Labute approximate surface area is 394 Å². The molecule has 3 aromatic rings. The zero-order valence-corrected chi connectivity index (χ0v) is 41.0. The summed E-state index contributed by atoms with van der Waals surface area (Å²) in [6.07, 6.45) is 44.4. The zero-order valence-electron chi connectivity index (χ0n) is 39.5. The summed E-state index contributed by atoms with van der Waals surface area (Å²) < 4.78 is 12.3. The number of halogens is 2. The predicted octanol–water partition coefficient (Wildman–Crippen LogP) is 18.6. The van der Waals surface area contributed by atoms with E-state index in [-0.39, 0.29) is 5.91 Å². The van der Waals surface area contributed by atoms with Gasteiger partial charge in [-0.1, -0.05) is 246 Å². The third kappa shape index (κ3) is 20.7. The van der Waals surface area contributed by atoms with Crippen molar-refractivity contribution in [3.05, 3.63) is 106 Å². The van der Waals surface area contributed by atoms with E-state index < -0.39 is 5.41 Å². The van der Waals surface area contributed by atoms with Gasteiger partial charge in [0.2, 0.25) is 5.91 Å². The molecule has 0 radical (unpaired) electrons. The maximum absolute atomic E-state index is 14.3. The number of rotatable bonds is 36. The molecule has 0 aliphatic heterocycles. The summed E-state index contributed by atoms with van der Waals surface area (Å²) in [5, 5.41) is 4.04. The highest BCUT2D eigenvalue weighted by Crippen LogP contribution is 2.39. The Morgan fingerprint density at radius 1 is 0.540 bits per heavy atom. The van der Waals surface area contributed by atoms with Gasteiger partial charge < -0.3 is 14.8 Å². The van der Waals surface area contributed by atoms with Gasteiger partial charge in [-0.25, -0.2) is 0 Å². The summed E-state index contributed by atoms with van der Waals surface area (Å²) in [6, 6.07) is 21.5. The Morgan fingerprint density at radius 2 is 0.952 bits per heavy atom. The number of amides is 1. The van der Waals surface area contributed by atoms with Crippen molar-refractivity contribution in [2.24, 2.45) is 0 Å². The van der Waals surface area contributed by atoms with Crippen LogP contribution in [-0.2, 0) is 10.2 Å². The van der Waals surface area contributed by atoms with Crippen LogP contribution in [-0.4, -0.2) is 19.1 Å². The highest BCUT2D eigenvalue weighted by Gasteiger charge is 2.39. The number of carbonyl (C=O) groups is 1. The van der Waals surface area contributed by atoms with Gasteiger partial charge in [-0.2, -0.15) is 0 Å². The molecule has 0 spiro atoms. The quantitative estimate of drug-likeness (QED) is 0.0592. The summed E-state index contributed by atoms with van der Waals surface area (Å²) >= 11 is 12.8. The third-order valence-electron chi connectivity index (χ3n) is 12.9. The van der Waals surface area contributed by atoms with Gasteiger partial charge in [-0.3, -0.25) is 4.79 Å². The zero-order chi connectivity index (χ0) is 44.6. The number of benzene rings is 3. The normalized spacial score (nSPS) is 14.8. The number of ether oxygens (including phenoxy) is 2. The summed E-state index contributed by atoms with van der Waals surface area (Å²) in [6.45, 7) is 6.02. The van der Waals surface area contributed by atoms with Crippen molar-refractivity contribution in [1.82, 2.24) is 0 Å². The molecule has 1 unspecified atom stereocenters. The number of hydrogen-bond donors (Lipinski definition) is 1. The molecule has 0 saturated heterocycles. The van der Waals surface area contributed by atoms with Gasteiger partial charge in [0.15, 0.2) is 0 Å². The lowest BCUT2D eigenvalue weighted by molar-refractivity contribution is -0.120. The topological polar surface area (TPSA) is 47.6 Å². The molecule has 3 aromatic carbocycles. The smallest absolute Gasteiger partial charge is 0.239 e. The van der Waals surface area contributed by atoms with Crippen LogP contribution in [0.1, 0.15) is 211 Å². The highest BCUT2D eigenvalue weighted by molar-refractivity contribution is 6.35. The van der Waals surface area contributed by atoms with Crippen molar-refractivity contribution in [1.29, 1.82) is 0 Å². The minimum atomic E-state index is -0.946. The summed E-state index contributed by atoms with van der Waals surface area (Å²) in [4.78, 5) is 14.3. The molecular weight excluding hydrogens is 818 g/mol. The largest absolute Gasteiger partial charge is 0.494 e. The fourth-order valence-electron chi connectivity index (χ4n) is 8.76. The Hall–Kier alpha value is -3.21. The molecular formula is C57H83Cl2NO3. The van der Waals surface area contributed by atoms with Crippen LogP contribution in [0, 0.1) is 0 Å². The van der Waals surface area contributed by atoms with E-state index in [4.69, 9.17) is 32.7 Å². The van der Waals surface area contributed by atoms with Gasteiger partial charge in [0.05, 0.1) is 29.3 Å². The first-order chi connectivity index (χ1) is 30.9. The molecule has 63 heavy (non-hydrogen) atoms. The van der Waals surface area contributed by atoms with Gasteiger partial charge in [0.1, 0.15) is 11.5 Å². The average Bonchev–Trinajstić information content (AvgIpc) is 3.30. The summed E-state index contributed by atoms with van der Waals surface area (Å²) in [5.74, 6) is 1.55. The van der Waals surface area contributed by atoms with E-state index in [0.717, 1.165) is 47.6 Å². The Morgan fingerprint density at radius 3 is 1.37 bits per heavy atom. The molecule has 1 aliphatic carbocycles. The van der Waals surface area contributed by atoms with Crippen LogP contribution in [0.2, 0.25) is 10.0 Å². The maximum atomic E-state index is 14.3. The van der Waals surface area contributed by atoms with Crippen LogP contribution < -0.4 is 14.8 Å². The van der Waals surface area contributed by atoms with Crippen LogP contribution in [0.4, 0.5) is 5.69 Å². The Kier molecular flexibility index (Phi) is 27.0. The monoisotopic (exact) mass is 900 g/mol. The molecule has 0 saturated carbocycles. The molecule has 1 N–H and O–H groups in total. The molecule has 4 nitrogen and oxygen atoms in total. The van der Waals surface area contributed by atoms with Gasteiger partial charge in [-0.05, 0) is 78.4 Å². The van der Waals surface area contributed by atoms with Crippen LogP contribution in [0.15, 0.2) is 85.0 Å². The molecule has 0 bridgehead atoms. The van der Waals surface area contributed by atoms with Crippen molar-refractivity contribution < 1.29 is 14.3 Å². The van der Waals surface area contributed by atoms with Crippen molar-refractivity contribution in [2.45, 2.75) is 205 Å². The lowest BCUT2D eigenvalue weighted by Crippen LogP contribution is -2.39. The van der Waals surface area contributed by atoms with E-state index in [0.29, 0.717) is 28.8 Å². The first kappa shape index (κ1) is 52.4.